The molecule has 0 heterocycles. The van der Waals surface area contributed by atoms with Gasteiger partial charge in [0.25, 0.3) is 0 Å². The van der Waals surface area contributed by atoms with Gasteiger partial charge in [0.2, 0.25) is 0 Å². The van der Waals surface area contributed by atoms with Crippen LogP contribution in [0.25, 0.3) is 0 Å². The SMILES string of the molecule is CCCCC/C=C\C/C=C\CCCCCCCCCCCC(=O)OC(COC(=O)CCCCCCC)COC(=O)CCCCCCCCCCCCCCCC/C=C\C/C=C\C/C=C\CCCCCCC. The van der Waals surface area contributed by atoms with Gasteiger partial charge < -0.3 is 14.2 Å². The molecule has 0 N–H and O–H groups in total. The largest absolute Gasteiger partial charge is 0.462 e. The molecule has 0 bridgehead atoms. The minimum Gasteiger partial charge on any atom is -0.462 e. The summed E-state index contributed by atoms with van der Waals surface area (Å²) in [6.45, 7) is 6.55. The predicted molar refractivity (Wildman–Crippen MR) is 307 cm³/mol. The topological polar surface area (TPSA) is 78.9 Å². The Morgan fingerprint density at radius 2 is 0.507 bits per heavy atom. The van der Waals surface area contributed by atoms with Crippen LogP contribution in [-0.4, -0.2) is 37.2 Å². The van der Waals surface area contributed by atoms with Gasteiger partial charge in [-0.05, 0) is 89.9 Å². The molecule has 1 atom stereocenters. The van der Waals surface area contributed by atoms with Crippen LogP contribution in [-0.2, 0) is 28.6 Å². The van der Waals surface area contributed by atoms with Crippen LogP contribution in [0.15, 0.2) is 60.8 Å². The van der Waals surface area contributed by atoms with E-state index in [1.54, 1.807) is 0 Å². The van der Waals surface area contributed by atoms with Crippen molar-refractivity contribution in [3.63, 3.8) is 0 Å². The minimum atomic E-state index is -0.772. The second kappa shape index (κ2) is 59.7. The van der Waals surface area contributed by atoms with Crippen LogP contribution >= 0.6 is 0 Å². The van der Waals surface area contributed by atoms with Gasteiger partial charge in [0.15, 0.2) is 6.10 Å². The molecular weight excluding hydrogens is 877 g/mol. The lowest BCUT2D eigenvalue weighted by molar-refractivity contribution is -0.167. The summed E-state index contributed by atoms with van der Waals surface area (Å²) in [4.78, 5) is 37.9. The molecule has 412 valence electrons. The summed E-state index contributed by atoms with van der Waals surface area (Å²) in [7, 11) is 0. The maximum Gasteiger partial charge on any atom is 0.306 e. The van der Waals surface area contributed by atoms with Gasteiger partial charge in [-0.2, -0.15) is 0 Å². The fraction of sp³-hybridized carbons (Fsp3) is 0.800. The van der Waals surface area contributed by atoms with Crippen molar-refractivity contribution < 1.29 is 28.6 Å². The second-order valence-corrected chi connectivity index (χ2v) is 20.6. The number of hydrogen-bond acceptors (Lipinski definition) is 6. The van der Waals surface area contributed by atoms with E-state index in [1.165, 1.54) is 193 Å². The first-order valence-corrected chi connectivity index (χ1v) is 30.8. The molecule has 0 radical (unpaired) electrons. The Morgan fingerprint density at radius 1 is 0.282 bits per heavy atom. The molecule has 0 aliphatic carbocycles. The molecule has 6 nitrogen and oxygen atoms in total. The molecule has 71 heavy (non-hydrogen) atoms. The Labute approximate surface area is 440 Å². The van der Waals surface area contributed by atoms with Crippen LogP contribution < -0.4 is 0 Å². The Balaban J connectivity index is 4.01. The first-order valence-electron chi connectivity index (χ1n) is 30.8. The molecule has 0 saturated heterocycles. The Morgan fingerprint density at radius 3 is 0.817 bits per heavy atom. The molecule has 0 saturated carbocycles. The third-order valence-electron chi connectivity index (χ3n) is 13.5. The first kappa shape index (κ1) is 68.1. The molecule has 0 aromatic rings. The molecule has 0 aliphatic rings. The average Bonchev–Trinajstić information content (AvgIpc) is 3.37. The number of esters is 3. The van der Waals surface area contributed by atoms with Crippen molar-refractivity contribution in [1.82, 2.24) is 0 Å². The number of carbonyl (C=O) groups excluding carboxylic acids is 3. The number of unbranched alkanes of at least 4 members (excludes halogenated alkanes) is 35. The van der Waals surface area contributed by atoms with Gasteiger partial charge in [0, 0.05) is 19.3 Å². The zero-order valence-electron chi connectivity index (χ0n) is 47.2. The maximum atomic E-state index is 12.8. The number of carbonyl (C=O) groups is 3. The van der Waals surface area contributed by atoms with Crippen molar-refractivity contribution in [2.75, 3.05) is 13.2 Å². The van der Waals surface area contributed by atoms with Crippen molar-refractivity contribution in [2.45, 2.75) is 322 Å². The van der Waals surface area contributed by atoms with Crippen molar-refractivity contribution in [3.05, 3.63) is 60.8 Å². The molecule has 0 aromatic heterocycles. The molecule has 0 fully saturated rings. The summed E-state index contributed by atoms with van der Waals surface area (Å²) in [5.41, 5.74) is 0. The molecule has 0 spiro atoms. The van der Waals surface area contributed by atoms with Gasteiger partial charge >= 0.3 is 17.9 Å². The summed E-state index contributed by atoms with van der Waals surface area (Å²) in [5, 5.41) is 0. The highest BCUT2D eigenvalue weighted by Gasteiger charge is 2.19. The number of hydrogen-bond donors (Lipinski definition) is 0. The lowest BCUT2D eigenvalue weighted by atomic mass is 10.0. The second-order valence-electron chi connectivity index (χ2n) is 20.6. The van der Waals surface area contributed by atoms with Crippen molar-refractivity contribution >= 4 is 17.9 Å². The zero-order valence-corrected chi connectivity index (χ0v) is 47.2. The number of allylic oxidation sites excluding steroid dienone is 10. The Hall–Kier alpha value is -2.89. The molecular formula is C65H116O6. The number of ether oxygens (including phenoxy) is 3. The van der Waals surface area contributed by atoms with E-state index < -0.39 is 6.10 Å². The van der Waals surface area contributed by atoms with Crippen LogP contribution in [0.4, 0.5) is 0 Å². The summed E-state index contributed by atoms with van der Waals surface area (Å²) in [6.07, 6.45) is 75.6. The van der Waals surface area contributed by atoms with Crippen molar-refractivity contribution in [3.8, 4) is 0 Å². The third-order valence-corrected chi connectivity index (χ3v) is 13.5. The van der Waals surface area contributed by atoms with Gasteiger partial charge in [0.1, 0.15) is 13.2 Å². The smallest absolute Gasteiger partial charge is 0.306 e. The van der Waals surface area contributed by atoms with Crippen LogP contribution in [0, 0.1) is 0 Å². The fourth-order valence-electron chi connectivity index (χ4n) is 8.83. The summed E-state index contributed by atoms with van der Waals surface area (Å²) < 4.78 is 16.8. The van der Waals surface area contributed by atoms with Gasteiger partial charge in [0.05, 0.1) is 0 Å². The molecule has 0 rings (SSSR count). The molecule has 1 unspecified atom stereocenters. The zero-order chi connectivity index (χ0) is 51.4. The molecule has 0 aliphatic heterocycles. The third kappa shape index (κ3) is 57.9. The fourth-order valence-corrected chi connectivity index (χ4v) is 8.83. The number of rotatable bonds is 56. The van der Waals surface area contributed by atoms with Crippen LogP contribution in [0.1, 0.15) is 316 Å². The van der Waals surface area contributed by atoms with E-state index >= 15 is 0 Å². The molecule has 0 aromatic carbocycles. The van der Waals surface area contributed by atoms with E-state index in [0.29, 0.717) is 19.3 Å². The predicted octanol–water partition coefficient (Wildman–Crippen LogP) is 20.8. The maximum absolute atomic E-state index is 12.8. The normalized spacial score (nSPS) is 12.4. The van der Waals surface area contributed by atoms with E-state index in [2.05, 4.69) is 81.5 Å². The Bertz CT molecular complexity index is 1280. The standard InChI is InChI=1S/C65H116O6/c1-4-7-10-13-15-17-19-21-23-25-27-28-29-30-31-32-33-34-35-36-38-39-41-43-45-47-49-52-55-58-64(67)70-61-62(60-69-63(66)57-54-51-12-9-6-3)71-65(68)59-56-53-50-48-46-44-42-40-37-26-24-22-20-18-16-14-11-8-5-2/h16,18-19,21-22,24-25,27,29-30,62H,4-15,17,20,23,26,28,31-61H2,1-3H3/b18-16-,21-19-,24-22-,27-25-,30-29-. The van der Waals surface area contributed by atoms with Gasteiger partial charge in [-0.3, -0.25) is 14.4 Å². The quantitative estimate of drug-likeness (QED) is 0.0261. The lowest BCUT2D eigenvalue weighted by Gasteiger charge is -2.18. The highest BCUT2D eigenvalue weighted by Crippen LogP contribution is 2.16. The summed E-state index contributed by atoms with van der Waals surface area (Å²) in [5.74, 6) is -0.881. The highest BCUT2D eigenvalue weighted by molar-refractivity contribution is 5.71. The minimum absolute atomic E-state index is 0.0743. The van der Waals surface area contributed by atoms with Crippen LogP contribution in [0.3, 0.4) is 0 Å². The highest BCUT2D eigenvalue weighted by atomic mass is 16.6. The summed E-state index contributed by atoms with van der Waals surface area (Å²) in [6, 6.07) is 0. The van der Waals surface area contributed by atoms with Gasteiger partial charge in [-0.15, -0.1) is 0 Å². The first-order chi connectivity index (χ1) is 35.0. The van der Waals surface area contributed by atoms with Gasteiger partial charge in [-0.1, -0.05) is 268 Å². The van der Waals surface area contributed by atoms with E-state index in [1.807, 2.05) is 0 Å². The van der Waals surface area contributed by atoms with E-state index in [-0.39, 0.29) is 31.1 Å². The lowest BCUT2D eigenvalue weighted by Crippen LogP contribution is -2.30. The Kier molecular flexibility index (Phi) is 57.2. The van der Waals surface area contributed by atoms with Gasteiger partial charge in [-0.25, -0.2) is 0 Å². The molecule has 6 heteroatoms. The van der Waals surface area contributed by atoms with E-state index in [9.17, 15) is 14.4 Å². The van der Waals surface area contributed by atoms with E-state index in [4.69, 9.17) is 14.2 Å². The van der Waals surface area contributed by atoms with Crippen LogP contribution in [0.5, 0.6) is 0 Å². The molecule has 0 amide bonds. The average molecular weight is 994 g/mol. The van der Waals surface area contributed by atoms with Crippen molar-refractivity contribution in [1.29, 1.82) is 0 Å². The van der Waals surface area contributed by atoms with E-state index in [0.717, 1.165) is 83.5 Å². The van der Waals surface area contributed by atoms with Crippen LogP contribution in [0.2, 0.25) is 0 Å². The summed E-state index contributed by atoms with van der Waals surface area (Å²) >= 11 is 0. The monoisotopic (exact) mass is 993 g/mol. The van der Waals surface area contributed by atoms with Crippen molar-refractivity contribution in [2.24, 2.45) is 0 Å².